The number of rotatable bonds is 7. The van der Waals surface area contributed by atoms with Crippen molar-refractivity contribution in [2.45, 2.75) is 23.6 Å². The molecule has 0 spiro atoms. The van der Waals surface area contributed by atoms with Gasteiger partial charge in [-0.2, -0.15) is 4.58 Å². The number of nitrogens with one attached hydrogen (secondary N) is 2. The molecule has 0 unspecified atom stereocenters. The number of para-hydroxylation sites is 1. The summed E-state index contributed by atoms with van der Waals surface area (Å²) in [5, 5.41) is 7.05. The van der Waals surface area contributed by atoms with E-state index >= 15 is 0 Å². The normalized spacial score (nSPS) is 12.3. The Morgan fingerprint density at radius 2 is 1.49 bits per heavy atom. The molecule has 0 saturated heterocycles. The monoisotopic (exact) mass is 705 g/mol. The van der Waals surface area contributed by atoms with E-state index in [0.29, 0.717) is 38.9 Å². The number of benzene rings is 5. The van der Waals surface area contributed by atoms with Crippen LogP contribution >= 0.6 is 0 Å². The number of anilines is 3. The number of carbonyl (C=O) groups excluding carboxylic acids is 1. The predicted octanol–water partition coefficient (Wildman–Crippen LogP) is 2.76. The third kappa shape index (κ3) is 7.48. The van der Waals surface area contributed by atoms with Gasteiger partial charge in [-0.25, -0.2) is 16.8 Å². The van der Waals surface area contributed by atoms with Crippen molar-refractivity contribution in [3.05, 3.63) is 114 Å². The standard InChI is InChI=1S/C35H29N3O8S2.Na/c1-21-8-4-6-10-29(21)37-23-12-15-26-32(18-23)46-33-19-24(13-16-27(33)35(26)28-9-5-7-11-34(28)48(43,44)45)38(3)31-20-25(47(40,41)42)14-17-30(31)36-22(2)39;/h4-20H,1-3H3,(H3,36,39,40,41,42,43,44,45);/q;+1/p-1. The van der Waals surface area contributed by atoms with E-state index < -0.39 is 35.9 Å². The molecule has 49 heavy (non-hydrogen) atoms. The van der Waals surface area contributed by atoms with Crippen molar-refractivity contribution in [1.82, 2.24) is 4.58 Å². The second-order valence-corrected chi connectivity index (χ2v) is 13.9. The number of nitrogens with zero attached hydrogens (tertiary/aromatic N) is 1. The maximum absolute atomic E-state index is 12.4. The maximum Gasteiger partial charge on any atom is 1.00 e. The van der Waals surface area contributed by atoms with Crippen LogP contribution in [0.5, 0.6) is 0 Å². The molecule has 1 amide bonds. The predicted molar refractivity (Wildman–Crippen MR) is 180 cm³/mol. The van der Waals surface area contributed by atoms with E-state index in [2.05, 4.69) is 10.6 Å². The largest absolute Gasteiger partial charge is 1.00 e. The van der Waals surface area contributed by atoms with E-state index in [-0.39, 0.29) is 46.5 Å². The fraction of sp³-hybridized carbons (Fsp3) is 0.0857. The number of hydrogen-bond donors (Lipinski definition) is 2. The van der Waals surface area contributed by atoms with Gasteiger partial charge in [0.05, 0.1) is 15.9 Å². The molecule has 14 heteroatoms. The van der Waals surface area contributed by atoms with Gasteiger partial charge in [0.2, 0.25) is 17.0 Å². The van der Waals surface area contributed by atoms with E-state index in [0.717, 1.165) is 17.3 Å². The maximum atomic E-state index is 12.4. The Morgan fingerprint density at radius 3 is 2.18 bits per heavy atom. The van der Waals surface area contributed by atoms with E-state index in [1.807, 2.05) is 37.3 Å². The van der Waals surface area contributed by atoms with E-state index in [4.69, 9.17) is 4.42 Å². The van der Waals surface area contributed by atoms with Crippen LogP contribution in [0.1, 0.15) is 12.5 Å². The fourth-order valence-corrected chi connectivity index (χ4v) is 6.77. The summed E-state index contributed by atoms with van der Waals surface area (Å²) in [5.74, 6) is -0.101. The van der Waals surface area contributed by atoms with Gasteiger partial charge in [0.15, 0.2) is 0 Å². The van der Waals surface area contributed by atoms with Crippen LogP contribution in [0.3, 0.4) is 0 Å². The van der Waals surface area contributed by atoms with Crippen LogP contribution < -0.4 is 50.1 Å². The molecule has 0 radical (unpaired) electrons. The summed E-state index contributed by atoms with van der Waals surface area (Å²) in [5.41, 5.74) is 4.59. The summed E-state index contributed by atoms with van der Waals surface area (Å²) in [4.78, 5) is 11.1. The molecule has 0 aromatic heterocycles. The van der Waals surface area contributed by atoms with Crippen molar-refractivity contribution >= 4 is 59.9 Å². The zero-order valence-electron chi connectivity index (χ0n) is 26.8. The average Bonchev–Trinajstić information content (AvgIpc) is 3.03. The van der Waals surface area contributed by atoms with E-state index in [9.17, 15) is 30.7 Å². The summed E-state index contributed by atoms with van der Waals surface area (Å²) >= 11 is 0. The smallest absolute Gasteiger partial charge is 0.744 e. The van der Waals surface area contributed by atoms with Crippen LogP contribution in [0.15, 0.2) is 117 Å². The SMILES string of the molecule is CC(=O)Nc1ccc(S(=O)(=O)[O-])cc1[N+](C)=c1ccc2c(-c3ccccc3S(=O)(=O)[O-])c3ccc(Nc4ccccc4C)cc3oc-2c1.[Na+]. The molecular formula is C35H28N3NaO8S2. The molecule has 1 aliphatic carbocycles. The number of carbonyl (C=O) groups is 1. The Kier molecular flexibility index (Phi) is 10.2. The number of hydrogen-bond acceptors (Lipinski definition) is 9. The van der Waals surface area contributed by atoms with Gasteiger partial charge < -0.3 is 24.2 Å². The molecule has 4 aromatic rings. The van der Waals surface area contributed by atoms with Gasteiger partial charge in [-0.1, -0.05) is 36.4 Å². The molecule has 1 aliphatic heterocycles. The van der Waals surface area contributed by atoms with Crippen LogP contribution in [0.25, 0.3) is 33.4 Å². The number of fused-ring (bicyclic) bond motifs is 2. The Morgan fingerprint density at radius 1 is 0.776 bits per heavy atom. The Labute approximate surface area is 305 Å². The van der Waals surface area contributed by atoms with E-state index in [1.165, 1.54) is 31.2 Å². The van der Waals surface area contributed by atoms with Crippen molar-refractivity contribution in [1.29, 1.82) is 0 Å². The summed E-state index contributed by atoms with van der Waals surface area (Å²) < 4.78 is 80.8. The van der Waals surface area contributed by atoms with Crippen molar-refractivity contribution < 1.29 is 64.7 Å². The van der Waals surface area contributed by atoms with Crippen molar-refractivity contribution in [2.75, 3.05) is 17.7 Å². The summed E-state index contributed by atoms with van der Waals surface area (Å²) in [6.07, 6.45) is 0. The van der Waals surface area contributed by atoms with Crippen molar-refractivity contribution in [3.63, 3.8) is 0 Å². The number of aryl methyl sites for hydroxylation is 1. The van der Waals surface area contributed by atoms with E-state index in [1.54, 1.807) is 54.1 Å². The molecule has 0 saturated carbocycles. The Balaban J connectivity index is 0.00000468. The molecule has 0 atom stereocenters. The minimum atomic E-state index is -4.87. The van der Waals surface area contributed by atoms with Crippen LogP contribution in [0.4, 0.5) is 22.7 Å². The van der Waals surface area contributed by atoms with Crippen molar-refractivity contribution in [3.8, 4) is 22.5 Å². The molecule has 1 heterocycles. The minimum Gasteiger partial charge on any atom is -0.744 e. The molecule has 6 rings (SSSR count). The molecule has 4 aromatic carbocycles. The third-order valence-corrected chi connectivity index (χ3v) is 9.60. The van der Waals surface area contributed by atoms with Gasteiger partial charge >= 0.3 is 29.6 Å². The van der Waals surface area contributed by atoms with Crippen molar-refractivity contribution in [2.24, 2.45) is 0 Å². The zero-order valence-corrected chi connectivity index (χ0v) is 30.5. The molecule has 0 fully saturated rings. The van der Waals surface area contributed by atoms with Gasteiger partial charge in [0.1, 0.15) is 44.3 Å². The first-order chi connectivity index (χ1) is 22.7. The average molecular weight is 706 g/mol. The molecule has 11 nitrogen and oxygen atoms in total. The number of amides is 1. The third-order valence-electron chi connectivity index (χ3n) is 7.87. The molecule has 2 aliphatic rings. The van der Waals surface area contributed by atoms with Gasteiger partial charge in [-0.3, -0.25) is 4.79 Å². The van der Waals surface area contributed by atoms with Gasteiger partial charge in [-0.05, 0) is 55.0 Å². The Hall–Kier alpha value is -4.34. The summed E-state index contributed by atoms with van der Waals surface area (Å²) in [7, 11) is -8.07. The van der Waals surface area contributed by atoms with Crippen LogP contribution in [-0.2, 0) is 25.0 Å². The van der Waals surface area contributed by atoms with Gasteiger partial charge in [0, 0.05) is 58.6 Å². The van der Waals surface area contributed by atoms with Crippen LogP contribution in [-0.4, -0.2) is 38.9 Å². The molecular weight excluding hydrogens is 678 g/mol. The minimum absolute atomic E-state index is 0. The summed E-state index contributed by atoms with van der Waals surface area (Å²) in [6.45, 7) is 3.27. The zero-order chi connectivity index (χ0) is 34.4. The summed E-state index contributed by atoms with van der Waals surface area (Å²) in [6, 6.07) is 27.7. The second-order valence-electron chi connectivity index (χ2n) is 11.1. The topological polar surface area (TPSA) is 172 Å². The van der Waals surface area contributed by atoms with Gasteiger partial charge in [0.25, 0.3) is 0 Å². The molecule has 0 bridgehead atoms. The quantitative estimate of drug-likeness (QED) is 0.110. The first-order valence-electron chi connectivity index (χ1n) is 14.5. The Bertz CT molecular complexity index is 2530. The van der Waals surface area contributed by atoms with Gasteiger partial charge in [-0.15, -0.1) is 0 Å². The molecule has 244 valence electrons. The fourth-order valence-electron chi connectivity index (χ4n) is 5.59. The first-order valence-corrected chi connectivity index (χ1v) is 17.4. The first kappa shape index (κ1) is 36.0. The molecule has 2 N–H and O–H groups in total. The van der Waals surface area contributed by atoms with Crippen LogP contribution in [0, 0.1) is 6.92 Å². The van der Waals surface area contributed by atoms with Crippen LogP contribution in [0.2, 0.25) is 0 Å². The second kappa shape index (κ2) is 13.9.